The van der Waals surface area contributed by atoms with Gasteiger partial charge in [0.25, 0.3) is 5.91 Å². The fraction of sp³-hybridized carbons (Fsp3) is 0.259. The van der Waals surface area contributed by atoms with Crippen molar-refractivity contribution in [1.82, 2.24) is 10.2 Å². The smallest absolute Gasteiger partial charge is 0.261 e. The van der Waals surface area contributed by atoms with Crippen molar-refractivity contribution in [1.29, 1.82) is 0 Å². The van der Waals surface area contributed by atoms with Crippen molar-refractivity contribution < 1.29 is 19.1 Å². The van der Waals surface area contributed by atoms with Crippen molar-refractivity contribution >= 4 is 23.4 Å². The molecule has 34 heavy (non-hydrogen) atoms. The Morgan fingerprint density at radius 1 is 0.912 bits per heavy atom. The van der Waals surface area contributed by atoms with Crippen LogP contribution in [-0.2, 0) is 22.6 Å². The zero-order valence-corrected chi connectivity index (χ0v) is 20.1. The number of para-hydroxylation sites is 1. The average molecular weight is 481 g/mol. The lowest BCUT2D eigenvalue weighted by atomic mass is 10.1. The number of carbonyl (C=O) groups is 2. The first-order chi connectivity index (χ1) is 16.5. The predicted molar refractivity (Wildman–Crippen MR) is 133 cm³/mol. The molecule has 0 bridgehead atoms. The monoisotopic (exact) mass is 480 g/mol. The SMILES string of the molecule is COc1ccc(CCNC(=O)[C@H](C)N(Cc2ccc(Cl)cc2)C(=O)COc2ccccc2)cc1. The number of rotatable bonds is 11. The van der Waals surface area contributed by atoms with Gasteiger partial charge in [0.05, 0.1) is 7.11 Å². The minimum atomic E-state index is -0.682. The first kappa shape index (κ1) is 25.1. The number of hydrogen-bond donors (Lipinski definition) is 1. The average Bonchev–Trinajstić information content (AvgIpc) is 2.87. The number of benzene rings is 3. The minimum Gasteiger partial charge on any atom is -0.497 e. The molecular weight excluding hydrogens is 452 g/mol. The molecule has 0 spiro atoms. The standard InChI is InChI=1S/C27H29ClN2O4/c1-20(27(32)29-17-16-21-10-14-24(33-2)15-11-21)30(18-22-8-12-23(28)13-9-22)26(31)19-34-25-6-4-3-5-7-25/h3-15,20H,16-19H2,1-2H3,(H,29,32)/t20-/m0/s1. The van der Waals surface area contributed by atoms with E-state index in [1.807, 2.05) is 54.6 Å². The summed E-state index contributed by atoms with van der Waals surface area (Å²) < 4.78 is 10.8. The molecule has 0 aliphatic rings. The highest BCUT2D eigenvalue weighted by Gasteiger charge is 2.26. The second-order valence-corrected chi connectivity index (χ2v) is 8.25. The van der Waals surface area contributed by atoms with Crippen molar-refractivity contribution in [2.24, 2.45) is 0 Å². The lowest BCUT2D eigenvalue weighted by Gasteiger charge is -2.28. The van der Waals surface area contributed by atoms with E-state index in [-0.39, 0.29) is 25.0 Å². The lowest BCUT2D eigenvalue weighted by molar-refractivity contribution is -0.142. The van der Waals surface area contributed by atoms with Gasteiger partial charge in [-0.2, -0.15) is 0 Å². The van der Waals surface area contributed by atoms with Crippen LogP contribution >= 0.6 is 11.6 Å². The predicted octanol–water partition coefficient (Wildman–Crippen LogP) is 4.50. The van der Waals surface area contributed by atoms with E-state index in [2.05, 4.69) is 5.32 Å². The Balaban J connectivity index is 1.62. The summed E-state index contributed by atoms with van der Waals surface area (Å²) in [5.74, 6) is 0.876. The molecule has 0 aromatic heterocycles. The van der Waals surface area contributed by atoms with E-state index in [0.717, 1.165) is 16.9 Å². The van der Waals surface area contributed by atoms with Gasteiger partial charge in [-0.05, 0) is 60.9 Å². The molecule has 0 radical (unpaired) electrons. The van der Waals surface area contributed by atoms with E-state index in [9.17, 15) is 9.59 Å². The maximum absolute atomic E-state index is 13.1. The molecule has 1 atom stereocenters. The Hall–Kier alpha value is -3.51. The fourth-order valence-electron chi connectivity index (χ4n) is 3.38. The van der Waals surface area contributed by atoms with E-state index >= 15 is 0 Å². The van der Waals surface area contributed by atoms with Crippen LogP contribution in [0.2, 0.25) is 5.02 Å². The Bertz CT molecular complexity index is 1060. The van der Waals surface area contributed by atoms with Crippen LogP contribution in [0.1, 0.15) is 18.1 Å². The summed E-state index contributed by atoms with van der Waals surface area (Å²) in [6.07, 6.45) is 0.671. The third kappa shape index (κ3) is 7.52. The van der Waals surface area contributed by atoms with Gasteiger partial charge >= 0.3 is 0 Å². The van der Waals surface area contributed by atoms with Gasteiger partial charge in [-0.1, -0.05) is 54.1 Å². The molecule has 0 saturated heterocycles. The Morgan fingerprint density at radius 2 is 1.56 bits per heavy atom. The Kier molecular flexibility index (Phi) is 9.35. The van der Waals surface area contributed by atoms with E-state index in [4.69, 9.17) is 21.1 Å². The van der Waals surface area contributed by atoms with Gasteiger partial charge in [-0.3, -0.25) is 9.59 Å². The molecule has 0 saturated carbocycles. The van der Waals surface area contributed by atoms with Crippen LogP contribution in [-0.4, -0.2) is 43.0 Å². The van der Waals surface area contributed by atoms with Gasteiger partial charge in [0.2, 0.25) is 5.91 Å². The minimum absolute atomic E-state index is 0.166. The molecule has 0 fully saturated rings. The van der Waals surface area contributed by atoms with Gasteiger partial charge in [0, 0.05) is 18.1 Å². The van der Waals surface area contributed by atoms with Gasteiger partial charge in [0.15, 0.2) is 6.61 Å². The van der Waals surface area contributed by atoms with Crippen molar-refractivity contribution in [3.63, 3.8) is 0 Å². The largest absolute Gasteiger partial charge is 0.497 e. The van der Waals surface area contributed by atoms with Crippen LogP contribution in [0.15, 0.2) is 78.9 Å². The van der Waals surface area contributed by atoms with Gasteiger partial charge < -0.3 is 19.7 Å². The maximum Gasteiger partial charge on any atom is 0.261 e. The molecule has 3 aromatic carbocycles. The van der Waals surface area contributed by atoms with Gasteiger partial charge in [-0.15, -0.1) is 0 Å². The molecule has 2 amide bonds. The van der Waals surface area contributed by atoms with Crippen molar-refractivity contribution in [2.45, 2.75) is 25.9 Å². The number of ether oxygens (including phenoxy) is 2. The van der Waals surface area contributed by atoms with Crippen molar-refractivity contribution in [3.8, 4) is 11.5 Å². The quantitative estimate of drug-likeness (QED) is 0.438. The summed E-state index contributed by atoms with van der Waals surface area (Å²) in [5.41, 5.74) is 1.95. The van der Waals surface area contributed by atoms with Crippen LogP contribution in [0.3, 0.4) is 0 Å². The summed E-state index contributed by atoms with van der Waals surface area (Å²) >= 11 is 5.99. The fourth-order valence-corrected chi connectivity index (χ4v) is 3.51. The number of nitrogens with one attached hydrogen (secondary N) is 1. The van der Waals surface area contributed by atoms with Crippen LogP contribution in [0.5, 0.6) is 11.5 Å². The highest BCUT2D eigenvalue weighted by atomic mass is 35.5. The van der Waals surface area contributed by atoms with Crippen molar-refractivity contribution in [2.75, 3.05) is 20.3 Å². The van der Waals surface area contributed by atoms with Crippen LogP contribution < -0.4 is 14.8 Å². The first-order valence-corrected chi connectivity index (χ1v) is 11.5. The number of methoxy groups -OCH3 is 1. The second-order valence-electron chi connectivity index (χ2n) is 7.81. The molecule has 0 unspecified atom stereocenters. The molecule has 6 nitrogen and oxygen atoms in total. The molecule has 0 aliphatic carbocycles. The molecule has 7 heteroatoms. The lowest BCUT2D eigenvalue weighted by Crippen LogP contribution is -2.49. The van der Waals surface area contributed by atoms with E-state index in [0.29, 0.717) is 23.7 Å². The summed E-state index contributed by atoms with van der Waals surface area (Å²) in [6.45, 7) is 2.28. The molecule has 178 valence electrons. The number of nitrogens with zero attached hydrogens (tertiary/aromatic N) is 1. The van der Waals surface area contributed by atoms with Crippen LogP contribution in [0.4, 0.5) is 0 Å². The number of amides is 2. The highest BCUT2D eigenvalue weighted by Crippen LogP contribution is 2.15. The highest BCUT2D eigenvalue weighted by molar-refractivity contribution is 6.30. The summed E-state index contributed by atoms with van der Waals surface area (Å²) in [4.78, 5) is 27.5. The maximum atomic E-state index is 13.1. The number of hydrogen-bond acceptors (Lipinski definition) is 4. The summed E-state index contributed by atoms with van der Waals surface area (Å²) in [7, 11) is 1.62. The Labute approximate surface area is 205 Å². The van der Waals surface area contributed by atoms with E-state index < -0.39 is 6.04 Å². The zero-order chi connectivity index (χ0) is 24.3. The van der Waals surface area contributed by atoms with Crippen LogP contribution in [0.25, 0.3) is 0 Å². The number of carbonyl (C=O) groups excluding carboxylic acids is 2. The zero-order valence-electron chi connectivity index (χ0n) is 19.4. The third-order valence-corrected chi connectivity index (χ3v) is 5.66. The topological polar surface area (TPSA) is 67.9 Å². The second kappa shape index (κ2) is 12.7. The first-order valence-electron chi connectivity index (χ1n) is 11.1. The molecule has 1 N–H and O–H groups in total. The third-order valence-electron chi connectivity index (χ3n) is 5.41. The summed E-state index contributed by atoms with van der Waals surface area (Å²) in [5, 5.41) is 3.55. The molecule has 0 heterocycles. The summed E-state index contributed by atoms with van der Waals surface area (Å²) in [6, 6.07) is 23.4. The van der Waals surface area contributed by atoms with E-state index in [1.54, 1.807) is 38.3 Å². The van der Waals surface area contributed by atoms with Gasteiger partial charge in [-0.25, -0.2) is 0 Å². The molecule has 3 rings (SSSR count). The van der Waals surface area contributed by atoms with Crippen LogP contribution in [0, 0.1) is 0 Å². The van der Waals surface area contributed by atoms with Crippen molar-refractivity contribution in [3.05, 3.63) is 95.0 Å². The van der Waals surface area contributed by atoms with E-state index in [1.165, 1.54) is 4.90 Å². The van der Waals surface area contributed by atoms with Gasteiger partial charge in [0.1, 0.15) is 17.5 Å². The normalized spacial score (nSPS) is 11.4. The molecular formula is C27H29ClN2O4. The molecule has 0 aliphatic heterocycles. The molecule has 3 aromatic rings. The number of halogens is 1. The Morgan fingerprint density at radius 3 is 2.21 bits per heavy atom.